The van der Waals surface area contributed by atoms with Crippen LogP contribution in [0.3, 0.4) is 0 Å². The van der Waals surface area contributed by atoms with Gasteiger partial charge in [-0.3, -0.25) is 9.36 Å². The Bertz CT molecular complexity index is 1430. The molecule has 3 aromatic heterocycles. The third kappa shape index (κ3) is 4.06. The van der Waals surface area contributed by atoms with Gasteiger partial charge in [0.2, 0.25) is 0 Å². The van der Waals surface area contributed by atoms with Gasteiger partial charge in [0, 0.05) is 46.8 Å². The molecule has 0 spiro atoms. The molecule has 0 aliphatic heterocycles. The summed E-state index contributed by atoms with van der Waals surface area (Å²) in [6.07, 6.45) is 5.78. The summed E-state index contributed by atoms with van der Waals surface area (Å²) in [5.74, 6) is 0.669. The predicted molar refractivity (Wildman–Crippen MR) is 125 cm³/mol. The molecule has 154 valence electrons. The van der Waals surface area contributed by atoms with Gasteiger partial charge < -0.3 is 4.98 Å². The lowest BCUT2D eigenvalue weighted by Gasteiger charge is -2.12. The first kappa shape index (κ1) is 19.8. The summed E-state index contributed by atoms with van der Waals surface area (Å²) in [5.41, 5.74) is 3.84. The maximum atomic E-state index is 13.2. The normalized spacial score (nSPS) is 11.4. The monoisotopic (exact) mass is 447 g/mol. The zero-order valence-corrected chi connectivity index (χ0v) is 18.0. The molecule has 0 fully saturated rings. The Morgan fingerprint density at radius 1 is 1.03 bits per heavy atom. The number of H-pyrrole nitrogens is 1. The van der Waals surface area contributed by atoms with Gasteiger partial charge in [-0.15, -0.1) is 0 Å². The first-order chi connectivity index (χ1) is 15.2. The number of hydrogen-bond acceptors (Lipinski definition) is 5. The molecule has 5 rings (SSSR count). The highest BCUT2D eigenvalue weighted by Crippen LogP contribution is 2.24. The average Bonchev–Trinajstić information content (AvgIpc) is 3.21. The molecular formula is C23H18ClN5OS. The van der Waals surface area contributed by atoms with Crippen LogP contribution in [0.2, 0.25) is 5.02 Å². The number of hydrogen-bond donors (Lipinski definition) is 1. The van der Waals surface area contributed by atoms with Crippen LogP contribution in [0.5, 0.6) is 0 Å². The van der Waals surface area contributed by atoms with Gasteiger partial charge in [0.15, 0.2) is 16.3 Å². The van der Waals surface area contributed by atoms with Crippen LogP contribution in [0, 0.1) is 0 Å². The van der Waals surface area contributed by atoms with Crippen molar-refractivity contribution >= 4 is 45.4 Å². The van der Waals surface area contributed by atoms with Crippen molar-refractivity contribution in [3.05, 3.63) is 93.6 Å². The lowest BCUT2D eigenvalue weighted by atomic mass is 10.1. The highest BCUT2D eigenvalue weighted by atomic mass is 35.5. The first-order valence-electron chi connectivity index (χ1n) is 9.83. The molecule has 0 aliphatic carbocycles. The highest BCUT2D eigenvalue weighted by Gasteiger charge is 2.14. The number of rotatable bonds is 6. The average molecular weight is 448 g/mol. The lowest BCUT2D eigenvalue weighted by molar-refractivity contribution is 0.594. The summed E-state index contributed by atoms with van der Waals surface area (Å²) in [6, 6.07) is 15.8. The zero-order chi connectivity index (χ0) is 21.2. The number of aromatic nitrogens is 5. The quantitative estimate of drug-likeness (QED) is 0.297. The molecule has 2 aromatic carbocycles. The summed E-state index contributed by atoms with van der Waals surface area (Å²) < 4.78 is 1.71. The molecule has 5 aromatic rings. The number of nitrogens with zero attached hydrogens (tertiary/aromatic N) is 4. The van der Waals surface area contributed by atoms with Gasteiger partial charge in [-0.2, -0.15) is 0 Å². The van der Waals surface area contributed by atoms with E-state index in [-0.39, 0.29) is 11.1 Å². The number of aromatic amines is 1. The van der Waals surface area contributed by atoms with E-state index in [4.69, 9.17) is 11.6 Å². The van der Waals surface area contributed by atoms with Crippen LogP contribution in [-0.2, 0) is 18.7 Å². The van der Waals surface area contributed by atoms with Gasteiger partial charge in [-0.05, 0) is 35.7 Å². The van der Waals surface area contributed by atoms with Crippen LogP contribution < -0.4 is 5.56 Å². The van der Waals surface area contributed by atoms with Crippen LogP contribution in [-0.4, -0.2) is 24.5 Å². The Hall–Kier alpha value is -3.16. The van der Waals surface area contributed by atoms with Crippen LogP contribution in [0.4, 0.5) is 0 Å². The van der Waals surface area contributed by atoms with E-state index in [0.29, 0.717) is 34.5 Å². The smallest absolute Gasteiger partial charge is 0.282 e. The van der Waals surface area contributed by atoms with Crippen LogP contribution in [0.15, 0.2) is 77.1 Å². The van der Waals surface area contributed by atoms with Crippen molar-refractivity contribution in [1.29, 1.82) is 0 Å². The number of benzene rings is 2. The molecule has 8 heteroatoms. The number of thioether (sulfide) groups is 1. The molecule has 6 nitrogen and oxygen atoms in total. The van der Waals surface area contributed by atoms with Crippen molar-refractivity contribution in [2.45, 2.75) is 23.9 Å². The lowest BCUT2D eigenvalue weighted by Crippen LogP contribution is -2.25. The van der Waals surface area contributed by atoms with Gasteiger partial charge in [0.05, 0.1) is 0 Å². The first-order valence-corrected chi connectivity index (χ1v) is 11.2. The summed E-state index contributed by atoms with van der Waals surface area (Å²) >= 11 is 7.50. The minimum atomic E-state index is -0.170. The van der Waals surface area contributed by atoms with Crippen molar-refractivity contribution in [3.63, 3.8) is 0 Å². The minimum Gasteiger partial charge on any atom is -0.361 e. The number of nitrogens with one attached hydrogen (secondary N) is 1. The van der Waals surface area contributed by atoms with E-state index in [0.717, 1.165) is 16.6 Å². The van der Waals surface area contributed by atoms with Crippen molar-refractivity contribution in [2.75, 3.05) is 0 Å². The van der Waals surface area contributed by atoms with Gasteiger partial charge in [-0.1, -0.05) is 53.7 Å². The fourth-order valence-corrected chi connectivity index (χ4v) is 4.63. The van der Waals surface area contributed by atoms with Crippen molar-refractivity contribution < 1.29 is 0 Å². The second-order valence-electron chi connectivity index (χ2n) is 7.10. The van der Waals surface area contributed by atoms with E-state index in [9.17, 15) is 4.79 Å². The third-order valence-electron chi connectivity index (χ3n) is 5.12. The van der Waals surface area contributed by atoms with Gasteiger partial charge in [0.25, 0.3) is 5.56 Å². The Morgan fingerprint density at radius 2 is 1.84 bits per heavy atom. The molecule has 0 bridgehead atoms. The molecule has 0 atom stereocenters. The molecule has 0 amide bonds. The van der Waals surface area contributed by atoms with Gasteiger partial charge in [-0.25, -0.2) is 15.0 Å². The van der Waals surface area contributed by atoms with E-state index < -0.39 is 0 Å². The zero-order valence-electron chi connectivity index (χ0n) is 16.5. The molecule has 0 aliphatic rings. The summed E-state index contributed by atoms with van der Waals surface area (Å²) in [4.78, 5) is 29.6. The largest absolute Gasteiger partial charge is 0.361 e. The molecule has 31 heavy (non-hydrogen) atoms. The maximum Gasteiger partial charge on any atom is 0.282 e. The molecule has 0 unspecified atom stereocenters. The fourth-order valence-electron chi connectivity index (χ4n) is 3.54. The minimum absolute atomic E-state index is 0.170. The third-order valence-corrected chi connectivity index (χ3v) is 6.42. The number of aryl methyl sites for hydroxylation is 1. The molecular weight excluding hydrogens is 430 g/mol. The van der Waals surface area contributed by atoms with Crippen LogP contribution in [0.1, 0.15) is 11.1 Å². The fraction of sp³-hybridized carbons (Fsp3) is 0.130. The molecule has 0 saturated carbocycles. The predicted octanol–water partition coefficient (Wildman–Crippen LogP) is 4.86. The maximum absolute atomic E-state index is 13.2. The van der Waals surface area contributed by atoms with Crippen LogP contribution in [0.25, 0.3) is 22.1 Å². The van der Waals surface area contributed by atoms with Crippen molar-refractivity contribution in [1.82, 2.24) is 24.5 Å². The van der Waals surface area contributed by atoms with E-state index >= 15 is 0 Å². The van der Waals surface area contributed by atoms with Gasteiger partial charge >= 0.3 is 0 Å². The van der Waals surface area contributed by atoms with E-state index in [1.54, 1.807) is 10.8 Å². The number of halogens is 1. The Labute approximate surface area is 187 Å². The van der Waals surface area contributed by atoms with E-state index in [2.05, 4.69) is 26.0 Å². The number of para-hydroxylation sites is 1. The Morgan fingerprint density at radius 3 is 2.71 bits per heavy atom. The van der Waals surface area contributed by atoms with Crippen LogP contribution >= 0.6 is 23.4 Å². The summed E-state index contributed by atoms with van der Waals surface area (Å²) in [6.45, 7) is 0.503. The second-order valence-corrected chi connectivity index (χ2v) is 8.48. The molecule has 1 N–H and O–H groups in total. The standard InChI is InChI=1S/C23H18ClN5OS/c24-17-7-5-15(6-8-17)14-31-23-28-21-20(25-10-11-26-21)22(30)29(23)12-9-16-13-27-19-4-2-1-3-18(16)19/h1-8,10-11,13,27H,9,12,14H2. The highest BCUT2D eigenvalue weighted by molar-refractivity contribution is 7.98. The Kier molecular flexibility index (Phi) is 5.44. The molecule has 3 heterocycles. The summed E-state index contributed by atoms with van der Waals surface area (Å²) in [7, 11) is 0. The van der Waals surface area contributed by atoms with Crippen molar-refractivity contribution in [3.8, 4) is 0 Å². The van der Waals surface area contributed by atoms with E-state index in [1.165, 1.54) is 23.3 Å². The van der Waals surface area contributed by atoms with Gasteiger partial charge in [0.1, 0.15) is 0 Å². The second kappa shape index (κ2) is 8.53. The van der Waals surface area contributed by atoms with Crippen molar-refractivity contribution in [2.24, 2.45) is 0 Å². The molecule has 0 saturated heterocycles. The number of fused-ring (bicyclic) bond motifs is 2. The topological polar surface area (TPSA) is 76.5 Å². The van der Waals surface area contributed by atoms with E-state index in [1.807, 2.05) is 48.7 Å². The molecule has 0 radical (unpaired) electrons. The summed E-state index contributed by atoms with van der Waals surface area (Å²) in [5, 5.41) is 2.50. The Balaban J connectivity index is 1.48. The SMILES string of the molecule is O=c1c2nccnc2nc(SCc2ccc(Cl)cc2)n1CCc1c[nH]c2ccccc12.